The molecule has 0 bridgehead atoms. The summed E-state index contributed by atoms with van der Waals surface area (Å²) in [7, 11) is 0. The first-order valence-corrected chi connectivity index (χ1v) is 8.13. The second-order valence-electron chi connectivity index (χ2n) is 5.44. The molecule has 2 aromatic carbocycles. The number of halogens is 2. The van der Waals surface area contributed by atoms with E-state index >= 15 is 0 Å². The Hall–Kier alpha value is -2.90. The maximum atomic E-state index is 12.3. The summed E-state index contributed by atoms with van der Waals surface area (Å²) in [6.07, 6.45) is 0. The van der Waals surface area contributed by atoms with Crippen LogP contribution < -0.4 is 10.9 Å². The van der Waals surface area contributed by atoms with Gasteiger partial charge in [0, 0.05) is 29.3 Å². The maximum absolute atomic E-state index is 12.3. The molecule has 0 radical (unpaired) electrons. The molecule has 0 saturated heterocycles. The summed E-state index contributed by atoms with van der Waals surface area (Å²) in [5, 5.41) is 14.6. The van der Waals surface area contributed by atoms with Crippen molar-refractivity contribution in [3.8, 4) is 0 Å². The van der Waals surface area contributed by atoms with Gasteiger partial charge in [0.25, 0.3) is 11.2 Å². The highest BCUT2D eigenvalue weighted by molar-refractivity contribution is 6.42. The van der Waals surface area contributed by atoms with Crippen LogP contribution in [-0.2, 0) is 11.3 Å². The van der Waals surface area contributed by atoms with Crippen LogP contribution in [0.4, 0.5) is 11.4 Å². The second-order valence-corrected chi connectivity index (χ2v) is 6.25. The van der Waals surface area contributed by atoms with Crippen LogP contribution in [-0.4, -0.2) is 15.4 Å². The molecule has 0 unspecified atom stereocenters. The summed E-state index contributed by atoms with van der Waals surface area (Å²) < 4.78 is 1.24. The van der Waals surface area contributed by atoms with E-state index < -0.39 is 16.4 Å². The minimum absolute atomic E-state index is 0.0945. The van der Waals surface area contributed by atoms with Gasteiger partial charge in [-0.1, -0.05) is 23.2 Å². The zero-order valence-electron chi connectivity index (χ0n) is 13.1. The maximum Gasteiger partial charge on any atom is 0.270 e. The molecule has 9 heteroatoms. The van der Waals surface area contributed by atoms with Gasteiger partial charge in [0.1, 0.15) is 6.54 Å². The summed E-state index contributed by atoms with van der Waals surface area (Å²) in [6, 6.07) is 11.5. The van der Waals surface area contributed by atoms with Crippen molar-refractivity contribution in [2.24, 2.45) is 0 Å². The average Bonchev–Trinajstić information content (AvgIpc) is 2.60. The van der Waals surface area contributed by atoms with E-state index in [1.807, 2.05) is 0 Å². The van der Waals surface area contributed by atoms with Crippen molar-refractivity contribution < 1.29 is 9.72 Å². The molecule has 0 aliphatic heterocycles. The van der Waals surface area contributed by atoms with Crippen molar-refractivity contribution >= 4 is 51.4 Å². The quantitative estimate of drug-likeness (QED) is 0.539. The lowest BCUT2D eigenvalue weighted by Crippen LogP contribution is -2.27. The number of amides is 1. The standard InChI is InChI=1S/C17H11Cl2N3O4/c18-13-4-2-11(8-14(13)19)20-16(23)9-21-15-5-3-12(22(25)26)7-10(15)1-6-17(21)24/h1-8H,9H2,(H,20,23). The van der Waals surface area contributed by atoms with Gasteiger partial charge in [0.2, 0.25) is 5.91 Å². The van der Waals surface area contributed by atoms with Crippen molar-refractivity contribution in [1.82, 2.24) is 4.57 Å². The highest BCUT2D eigenvalue weighted by atomic mass is 35.5. The number of benzene rings is 2. The SMILES string of the molecule is O=C(Cn1c(=O)ccc2cc([N+](=O)[O-])ccc21)Nc1ccc(Cl)c(Cl)c1. The first-order valence-electron chi connectivity index (χ1n) is 7.38. The van der Waals surface area contributed by atoms with Crippen molar-refractivity contribution in [2.75, 3.05) is 5.32 Å². The van der Waals surface area contributed by atoms with Gasteiger partial charge >= 0.3 is 0 Å². The van der Waals surface area contributed by atoms with Crippen LogP contribution in [0.5, 0.6) is 0 Å². The number of non-ortho nitro benzene ring substituents is 1. The number of nitro groups is 1. The molecule has 26 heavy (non-hydrogen) atoms. The lowest BCUT2D eigenvalue weighted by atomic mass is 10.2. The molecule has 0 saturated carbocycles. The number of anilines is 1. The van der Waals surface area contributed by atoms with Crippen molar-refractivity contribution in [1.29, 1.82) is 0 Å². The van der Waals surface area contributed by atoms with E-state index in [9.17, 15) is 19.7 Å². The topological polar surface area (TPSA) is 94.2 Å². The van der Waals surface area contributed by atoms with Crippen LogP contribution in [0.2, 0.25) is 10.0 Å². The van der Waals surface area contributed by atoms with Crippen molar-refractivity contribution in [3.63, 3.8) is 0 Å². The molecule has 1 aromatic heterocycles. The third-order valence-electron chi connectivity index (χ3n) is 3.69. The Morgan fingerprint density at radius 2 is 1.85 bits per heavy atom. The van der Waals surface area contributed by atoms with Gasteiger partial charge in [-0.05, 0) is 30.3 Å². The van der Waals surface area contributed by atoms with Crippen LogP contribution in [0.3, 0.4) is 0 Å². The normalized spacial score (nSPS) is 10.7. The molecule has 1 N–H and O–H groups in total. The summed E-state index contributed by atoms with van der Waals surface area (Å²) in [5.41, 5.74) is 0.374. The van der Waals surface area contributed by atoms with Gasteiger partial charge in [-0.2, -0.15) is 0 Å². The molecule has 0 aliphatic carbocycles. The lowest BCUT2D eigenvalue weighted by Gasteiger charge is -2.11. The van der Waals surface area contributed by atoms with Crippen molar-refractivity contribution in [3.05, 3.63) is 79.0 Å². The Bertz CT molecular complexity index is 1100. The van der Waals surface area contributed by atoms with E-state index in [1.54, 1.807) is 12.1 Å². The molecule has 0 aliphatic rings. The van der Waals surface area contributed by atoms with Gasteiger partial charge in [-0.15, -0.1) is 0 Å². The number of fused-ring (bicyclic) bond motifs is 1. The van der Waals surface area contributed by atoms with Gasteiger partial charge in [0.05, 0.1) is 20.5 Å². The van der Waals surface area contributed by atoms with E-state index in [0.717, 1.165) is 0 Å². The second kappa shape index (κ2) is 7.15. The highest BCUT2D eigenvalue weighted by Gasteiger charge is 2.12. The van der Waals surface area contributed by atoms with Crippen LogP contribution >= 0.6 is 23.2 Å². The zero-order chi connectivity index (χ0) is 18.8. The molecular formula is C17H11Cl2N3O4. The first kappa shape index (κ1) is 17.9. The van der Waals surface area contributed by atoms with Gasteiger partial charge in [0.15, 0.2) is 0 Å². The van der Waals surface area contributed by atoms with E-state index in [1.165, 1.54) is 41.0 Å². The Balaban J connectivity index is 1.90. The number of aromatic nitrogens is 1. The summed E-state index contributed by atoms with van der Waals surface area (Å²) in [5.74, 6) is -0.448. The predicted octanol–water partition coefficient (Wildman–Crippen LogP) is 3.86. The molecular weight excluding hydrogens is 381 g/mol. The molecule has 132 valence electrons. The molecule has 0 fully saturated rings. The average molecular weight is 392 g/mol. The summed E-state index contributed by atoms with van der Waals surface area (Å²) in [6.45, 7) is -0.256. The fourth-order valence-electron chi connectivity index (χ4n) is 2.49. The fraction of sp³-hybridized carbons (Fsp3) is 0.0588. The Morgan fingerprint density at radius 1 is 1.08 bits per heavy atom. The number of hydrogen-bond donors (Lipinski definition) is 1. The third-order valence-corrected chi connectivity index (χ3v) is 4.43. The molecule has 3 rings (SSSR count). The van der Waals surface area contributed by atoms with Gasteiger partial charge < -0.3 is 5.32 Å². The number of hydrogen-bond acceptors (Lipinski definition) is 4. The van der Waals surface area contributed by atoms with E-state index in [-0.39, 0.29) is 12.2 Å². The first-order chi connectivity index (χ1) is 12.3. The number of carbonyl (C=O) groups is 1. The Labute approximate surface area is 156 Å². The number of nitro benzene ring substituents is 1. The number of carbonyl (C=O) groups excluding carboxylic acids is 1. The number of rotatable bonds is 4. The molecule has 3 aromatic rings. The minimum atomic E-state index is -0.522. The number of nitrogens with zero attached hydrogens (tertiary/aromatic N) is 2. The minimum Gasteiger partial charge on any atom is -0.324 e. The third kappa shape index (κ3) is 3.68. The Kier molecular flexibility index (Phi) is 4.92. The fourth-order valence-corrected chi connectivity index (χ4v) is 2.78. The summed E-state index contributed by atoms with van der Waals surface area (Å²) >= 11 is 11.7. The van der Waals surface area contributed by atoms with Crippen LogP contribution in [0.1, 0.15) is 0 Å². The lowest BCUT2D eigenvalue weighted by molar-refractivity contribution is -0.384. The zero-order valence-corrected chi connectivity index (χ0v) is 14.6. The highest BCUT2D eigenvalue weighted by Crippen LogP contribution is 2.25. The smallest absolute Gasteiger partial charge is 0.270 e. The van der Waals surface area contributed by atoms with Crippen LogP contribution in [0.15, 0.2) is 53.3 Å². The molecule has 1 heterocycles. The Morgan fingerprint density at radius 3 is 2.54 bits per heavy atom. The molecule has 0 spiro atoms. The van der Waals surface area contributed by atoms with E-state index in [4.69, 9.17) is 23.2 Å². The summed E-state index contributed by atoms with van der Waals surface area (Å²) in [4.78, 5) is 34.8. The van der Waals surface area contributed by atoms with Crippen LogP contribution in [0.25, 0.3) is 10.9 Å². The van der Waals surface area contributed by atoms with Crippen molar-refractivity contribution in [2.45, 2.75) is 6.54 Å². The molecule has 7 nitrogen and oxygen atoms in total. The number of pyridine rings is 1. The largest absolute Gasteiger partial charge is 0.324 e. The van der Waals surface area contributed by atoms with E-state index in [0.29, 0.717) is 26.6 Å². The van der Waals surface area contributed by atoms with Gasteiger partial charge in [-0.25, -0.2) is 0 Å². The predicted molar refractivity (Wildman–Crippen MR) is 100.0 cm³/mol. The number of nitrogens with one attached hydrogen (secondary N) is 1. The van der Waals surface area contributed by atoms with Gasteiger partial charge in [-0.3, -0.25) is 24.3 Å². The monoisotopic (exact) mass is 391 g/mol. The van der Waals surface area contributed by atoms with E-state index in [2.05, 4.69) is 5.32 Å². The molecule has 1 amide bonds. The van der Waals surface area contributed by atoms with Crippen LogP contribution in [0, 0.1) is 10.1 Å². The molecule has 0 atom stereocenters.